The summed E-state index contributed by atoms with van der Waals surface area (Å²) in [5, 5.41) is 3.33. The number of halogens is 1. The fourth-order valence-electron chi connectivity index (χ4n) is 4.02. The van der Waals surface area contributed by atoms with Crippen molar-refractivity contribution in [3.05, 3.63) is 95.0 Å². The Morgan fingerprint density at radius 2 is 1.51 bits per heavy atom. The smallest absolute Gasteiger partial charge is 0.264 e. The molecular formula is C30H36ClN3O4S. The maximum absolute atomic E-state index is 13.9. The van der Waals surface area contributed by atoms with Crippen molar-refractivity contribution in [2.24, 2.45) is 0 Å². The molecule has 0 bridgehead atoms. The first-order valence-electron chi connectivity index (χ1n) is 12.8. The van der Waals surface area contributed by atoms with Crippen LogP contribution in [0.5, 0.6) is 0 Å². The molecular weight excluding hydrogens is 534 g/mol. The van der Waals surface area contributed by atoms with Crippen molar-refractivity contribution in [3.8, 4) is 0 Å². The fourth-order valence-corrected chi connectivity index (χ4v) is 5.56. The standard InChI is InChI=1S/C30H36ClN3O4S/c1-22-11-15-26(16-12-22)34(39(37,38)27-17-13-25(31)14-18-27)21-28(35)33(20-19-24-9-7-6-8-10-24)23(2)29(36)32-30(3,4)5/h6-18,23H,19-21H2,1-5H3,(H,32,36). The summed E-state index contributed by atoms with van der Waals surface area (Å²) in [7, 11) is -4.13. The van der Waals surface area contributed by atoms with E-state index >= 15 is 0 Å². The van der Waals surface area contributed by atoms with Crippen molar-refractivity contribution < 1.29 is 18.0 Å². The Bertz CT molecular complexity index is 1370. The third-order valence-electron chi connectivity index (χ3n) is 6.15. The molecule has 0 spiro atoms. The average Bonchev–Trinajstić information content (AvgIpc) is 2.87. The third kappa shape index (κ3) is 8.31. The SMILES string of the molecule is Cc1ccc(N(CC(=O)N(CCc2ccccc2)C(C)C(=O)NC(C)(C)C)S(=O)(=O)c2ccc(Cl)cc2)cc1. The van der Waals surface area contributed by atoms with Crippen molar-refractivity contribution >= 4 is 39.1 Å². The second-order valence-corrected chi connectivity index (χ2v) is 12.8. The molecule has 3 aromatic rings. The van der Waals surface area contributed by atoms with E-state index in [2.05, 4.69) is 5.32 Å². The summed E-state index contributed by atoms with van der Waals surface area (Å²) in [4.78, 5) is 28.4. The summed E-state index contributed by atoms with van der Waals surface area (Å²) in [5.41, 5.74) is 1.80. The molecule has 0 aliphatic rings. The summed E-state index contributed by atoms with van der Waals surface area (Å²) < 4.78 is 28.7. The van der Waals surface area contributed by atoms with Gasteiger partial charge in [0, 0.05) is 17.1 Å². The van der Waals surface area contributed by atoms with Crippen LogP contribution in [-0.4, -0.2) is 49.8 Å². The zero-order chi connectivity index (χ0) is 28.8. The van der Waals surface area contributed by atoms with Gasteiger partial charge in [0.05, 0.1) is 10.6 Å². The number of carbonyl (C=O) groups is 2. The molecule has 7 nitrogen and oxygen atoms in total. The lowest BCUT2D eigenvalue weighted by Crippen LogP contribution is -2.55. The van der Waals surface area contributed by atoms with Crippen LogP contribution in [0.15, 0.2) is 83.8 Å². The molecule has 0 radical (unpaired) electrons. The van der Waals surface area contributed by atoms with Crippen LogP contribution in [-0.2, 0) is 26.0 Å². The van der Waals surface area contributed by atoms with Crippen molar-refractivity contribution in [2.75, 3.05) is 17.4 Å². The molecule has 0 aliphatic heterocycles. The molecule has 0 saturated heterocycles. The van der Waals surface area contributed by atoms with Gasteiger partial charge in [0.1, 0.15) is 12.6 Å². The number of hydrogen-bond acceptors (Lipinski definition) is 4. The largest absolute Gasteiger partial charge is 0.350 e. The van der Waals surface area contributed by atoms with Gasteiger partial charge in [-0.2, -0.15) is 0 Å². The Kier molecular flexibility index (Phi) is 9.80. The number of rotatable bonds is 10. The zero-order valence-electron chi connectivity index (χ0n) is 23.0. The summed E-state index contributed by atoms with van der Waals surface area (Å²) in [6.07, 6.45) is 0.508. The number of sulfonamides is 1. The molecule has 0 heterocycles. The van der Waals surface area contributed by atoms with Crippen molar-refractivity contribution in [3.63, 3.8) is 0 Å². The lowest BCUT2D eigenvalue weighted by Gasteiger charge is -2.33. The number of anilines is 1. The van der Waals surface area contributed by atoms with E-state index in [1.54, 1.807) is 31.2 Å². The topological polar surface area (TPSA) is 86.8 Å². The summed E-state index contributed by atoms with van der Waals surface area (Å²) >= 11 is 5.99. The molecule has 0 aliphatic carbocycles. The predicted octanol–water partition coefficient (Wildman–Crippen LogP) is 5.22. The van der Waals surface area contributed by atoms with E-state index < -0.39 is 34.1 Å². The highest BCUT2D eigenvalue weighted by atomic mass is 35.5. The van der Waals surface area contributed by atoms with Gasteiger partial charge in [-0.15, -0.1) is 0 Å². The Balaban J connectivity index is 1.98. The first kappa shape index (κ1) is 30.2. The van der Waals surface area contributed by atoms with Crippen molar-refractivity contribution in [1.29, 1.82) is 0 Å². The van der Waals surface area contributed by atoms with Crippen LogP contribution < -0.4 is 9.62 Å². The quantitative estimate of drug-likeness (QED) is 0.363. The van der Waals surface area contributed by atoms with E-state index in [9.17, 15) is 18.0 Å². The van der Waals surface area contributed by atoms with Gasteiger partial charge in [-0.25, -0.2) is 8.42 Å². The van der Waals surface area contributed by atoms with Crippen LogP contribution in [0.25, 0.3) is 0 Å². The molecule has 0 saturated carbocycles. The zero-order valence-corrected chi connectivity index (χ0v) is 24.6. The number of nitrogens with zero attached hydrogens (tertiary/aromatic N) is 2. The minimum Gasteiger partial charge on any atom is -0.350 e. The number of aryl methyl sites for hydroxylation is 1. The minimum atomic E-state index is -4.13. The molecule has 9 heteroatoms. The molecule has 1 N–H and O–H groups in total. The van der Waals surface area contributed by atoms with Crippen molar-refractivity contribution in [1.82, 2.24) is 10.2 Å². The van der Waals surface area contributed by atoms with Gasteiger partial charge in [0.25, 0.3) is 10.0 Å². The molecule has 3 aromatic carbocycles. The van der Waals surface area contributed by atoms with Gasteiger partial charge in [0.2, 0.25) is 11.8 Å². The highest BCUT2D eigenvalue weighted by Crippen LogP contribution is 2.26. The van der Waals surface area contributed by atoms with E-state index in [-0.39, 0.29) is 17.3 Å². The molecule has 1 unspecified atom stereocenters. The van der Waals surface area contributed by atoms with Crippen LogP contribution >= 0.6 is 11.6 Å². The Morgan fingerprint density at radius 3 is 2.08 bits per heavy atom. The van der Waals surface area contributed by atoms with Crippen molar-refractivity contribution in [2.45, 2.75) is 57.5 Å². The van der Waals surface area contributed by atoms with E-state index in [0.717, 1.165) is 15.4 Å². The monoisotopic (exact) mass is 569 g/mol. The van der Waals surface area contributed by atoms with E-state index in [0.29, 0.717) is 17.1 Å². The molecule has 0 aromatic heterocycles. The first-order chi connectivity index (χ1) is 18.3. The summed E-state index contributed by atoms with van der Waals surface area (Å²) in [6.45, 7) is 8.92. The number of carbonyl (C=O) groups excluding carboxylic acids is 2. The van der Waals surface area contributed by atoms with Crippen LogP contribution in [0.2, 0.25) is 5.02 Å². The Labute approximate surface area is 236 Å². The maximum atomic E-state index is 13.9. The van der Waals surface area contributed by atoms with Gasteiger partial charge in [0.15, 0.2) is 0 Å². The van der Waals surface area contributed by atoms with Gasteiger partial charge in [-0.3, -0.25) is 13.9 Å². The highest BCUT2D eigenvalue weighted by molar-refractivity contribution is 7.92. The minimum absolute atomic E-state index is 0.00892. The van der Waals surface area contributed by atoms with E-state index in [4.69, 9.17) is 11.6 Å². The molecule has 2 amide bonds. The van der Waals surface area contributed by atoms with Gasteiger partial charge >= 0.3 is 0 Å². The molecule has 208 valence electrons. The number of hydrogen-bond donors (Lipinski definition) is 1. The number of amides is 2. The first-order valence-corrected chi connectivity index (χ1v) is 14.6. The molecule has 1 atom stereocenters. The number of nitrogens with one attached hydrogen (secondary N) is 1. The fraction of sp³-hybridized carbons (Fsp3) is 0.333. The molecule has 39 heavy (non-hydrogen) atoms. The normalized spacial score (nSPS) is 12.5. The lowest BCUT2D eigenvalue weighted by molar-refractivity contribution is -0.139. The Morgan fingerprint density at radius 1 is 0.923 bits per heavy atom. The average molecular weight is 570 g/mol. The van der Waals surface area contributed by atoms with Gasteiger partial charge in [-0.1, -0.05) is 59.6 Å². The summed E-state index contributed by atoms with van der Waals surface area (Å²) in [6, 6.07) is 21.5. The summed E-state index contributed by atoms with van der Waals surface area (Å²) in [5.74, 6) is -0.799. The second kappa shape index (κ2) is 12.7. The molecule has 0 fully saturated rings. The number of benzene rings is 3. The second-order valence-electron chi connectivity index (χ2n) is 10.5. The van der Waals surface area contributed by atoms with Crippen LogP contribution in [0.3, 0.4) is 0 Å². The highest BCUT2D eigenvalue weighted by Gasteiger charge is 2.33. The molecule has 3 rings (SSSR count). The van der Waals surface area contributed by atoms with Crippen LogP contribution in [0, 0.1) is 6.92 Å². The Hall–Kier alpha value is -3.36. The van der Waals surface area contributed by atoms with Gasteiger partial charge in [-0.05, 0) is 83.0 Å². The maximum Gasteiger partial charge on any atom is 0.264 e. The van der Waals surface area contributed by atoms with E-state index in [1.165, 1.54) is 29.2 Å². The lowest BCUT2D eigenvalue weighted by atomic mass is 10.1. The van der Waals surface area contributed by atoms with Gasteiger partial charge < -0.3 is 10.2 Å². The van der Waals surface area contributed by atoms with Crippen LogP contribution in [0.1, 0.15) is 38.8 Å². The van der Waals surface area contributed by atoms with Crippen LogP contribution in [0.4, 0.5) is 5.69 Å². The van der Waals surface area contributed by atoms with E-state index in [1.807, 2.05) is 58.0 Å². The third-order valence-corrected chi connectivity index (χ3v) is 8.19. The predicted molar refractivity (Wildman–Crippen MR) is 156 cm³/mol.